The zero-order valence-electron chi connectivity index (χ0n) is 13.5. The first kappa shape index (κ1) is 19.3. The fraction of sp³-hybridized carbons (Fsp3) is 0.222. The lowest BCUT2D eigenvalue weighted by Crippen LogP contribution is -2.33. The summed E-state index contributed by atoms with van der Waals surface area (Å²) in [4.78, 5) is 23.5. The van der Waals surface area contributed by atoms with Gasteiger partial charge in [-0.15, -0.1) is 0 Å². The van der Waals surface area contributed by atoms with E-state index < -0.39 is 0 Å². The van der Waals surface area contributed by atoms with E-state index in [2.05, 4.69) is 31.9 Å². The van der Waals surface area contributed by atoms with Crippen LogP contribution >= 0.6 is 27.5 Å². The van der Waals surface area contributed by atoms with Crippen LogP contribution in [-0.2, 0) is 11.2 Å². The molecule has 0 aliphatic carbocycles. The Hall–Kier alpha value is -2.05. The van der Waals surface area contributed by atoms with Crippen molar-refractivity contribution in [3.05, 3.63) is 63.6 Å². The number of urea groups is 1. The van der Waals surface area contributed by atoms with Gasteiger partial charge >= 0.3 is 6.03 Å². The summed E-state index contributed by atoms with van der Waals surface area (Å²) >= 11 is 9.15. The molecule has 3 N–H and O–H groups in total. The summed E-state index contributed by atoms with van der Waals surface area (Å²) in [6.07, 6.45) is 0.967. The smallest absolute Gasteiger partial charge is 0.319 e. The lowest BCUT2D eigenvalue weighted by Gasteiger charge is -2.08. The number of benzene rings is 2. The van der Waals surface area contributed by atoms with Gasteiger partial charge in [0.1, 0.15) is 0 Å². The minimum absolute atomic E-state index is 0.0992. The van der Waals surface area contributed by atoms with Crippen molar-refractivity contribution >= 4 is 45.2 Å². The van der Waals surface area contributed by atoms with Gasteiger partial charge in [0.15, 0.2) is 0 Å². The number of hydrogen-bond acceptors (Lipinski definition) is 2. The maximum absolute atomic E-state index is 11.8. The summed E-state index contributed by atoms with van der Waals surface area (Å²) in [6, 6.07) is 14.4. The van der Waals surface area contributed by atoms with Crippen LogP contribution in [0.25, 0.3) is 0 Å². The van der Waals surface area contributed by atoms with E-state index in [9.17, 15) is 9.59 Å². The maximum atomic E-state index is 11.8. The molecule has 0 fully saturated rings. The Balaban J connectivity index is 1.59. The van der Waals surface area contributed by atoms with Crippen LogP contribution < -0.4 is 16.0 Å². The first-order chi connectivity index (χ1) is 12.0. The van der Waals surface area contributed by atoms with Gasteiger partial charge in [0.05, 0.1) is 0 Å². The van der Waals surface area contributed by atoms with Gasteiger partial charge in [-0.05, 0) is 48.4 Å². The Morgan fingerprint density at radius 2 is 1.60 bits per heavy atom. The fourth-order valence-corrected chi connectivity index (χ4v) is 2.47. The van der Waals surface area contributed by atoms with E-state index >= 15 is 0 Å². The van der Waals surface area contributed by atoms with Crippen molar-refractivity contribution in [3.63, 3.8) is 0 Å². The van der Waals surface area contributed by atoms with E-state index in [1.165, 1.54) is 0 Å². The lowest BCUT2D eigenvalue weighted by molar-refractivity contribution is -0.120. The number of amides is 3. The van der Waals surface area contributed by atoms with Crippen LogP contribution in [0.1, 0.15) is 12.0 Å². The molecule has 2 aromatic carbocycles. The van der Waals surface area contributed by atoms with Gasteiger partial charge in [0.25, 0.3) is 0 Å². The number of rotatable bonds is 7. The van der Waals surface area contributed by atoms with Gasteiger partial charge in [-0.3, -0.25) is 4.79 Å². The molecule has 0 saturated heterocycles. The Kier molecular flexibility index (Phi) is 7.76. The van der Waals surface area contributed by atoms with Gasteiger partial charge in [-0.25, -0.2) is 4.79 Å². The molecule has 0 aliphatic rings. The predicted octanol–water partition coefficient (Wildman–Crippen LogP) is 3.97. The maximum Gasteiger partial charge on any atom is 0.319 e. The quantitative estimate of drug-likeness (QED) is 0.629. The van der Waals surface area contributed by atoms with E-state index in [1.54, 1.807) is 12.1 Å². The highest BCUT2D eigenvalue weighted by atomic mass is 79.9. The summed E-state index contributed by atoms with van der Waals surface area (Å²) in [7, 11) is 0. The van der Waals surface area contributed by atoms with Gasteiger partial charge < -0.3 is 16.0 Å². The van der Waals surface area contributed by atoms with E-state index in [0.29, 0.717) is 17.3 Å². The van der Waals surface area contributed by atoms with Crippen LogP contribution in [0, 0.1) is 0 Å². The molecule has 0 unspecified atom stereocenters. The normalized spacial score (nSPS) is 10.2. The highest BCUT2D eigenvalue weighted by Crippen LogP contribution is 2.13. The second kappa shape index (κ2) is 10.1. The second-order valence-electron chi connectivity index (χ2n) is 5.36. The number of carbonyl (C=O) groups excluding carboxylic acids is 2. The Labute approximate surface area is 160 Å². The van der Waals surface area contributed by atoms with Crippen molar-refractivity contribution in [2.75, 3.05) is 18.4 Å². The third-order valence-corrected chi connectivity index (χ3v) is 4.17. The molecule has 2 aromatic rings. The minimum Gasteiger partial charge on any atom is -0.356 e. The van der Waals surface area contributed by atoms with Crippen LogP contribution in [0.3, 0.4) is 0 Å². The first-order valence-corrected chi connectivity index (χ1v) is 9.01. The molecular weight excluding hydrogens is 406 g/mol. The average molecular weight is 425 g/mol. The zero-order valence-corrected chi connectivity index (χ0v) is 15.9. The summed E-state index contributed by atoms with van der Waals surface area (Å²) < 4.78 is 0.939. The van der Waals surface area contributed by atoms with E-state index in [4.69, 9.17) is 11.6 Å². The monoisotopic (exact) mass is 423 g/mol. The molecule has 0 bridgehead atoms. The molecule has 3 amide bonds. The highest BCUT2D eigenvalue weighted by Gasteiger charge is 2.04. The summed E-state index contributed by atoms with van der Waals surface area (Å²) in [5.41, 5.74) is 1.80. The van der Waals surface area contributed by atoms with Gasteiger partial charge in [0, 0.05) is 34.7 Å². The van der Waals surface area contributed by atoms with Crippen molar-refractivity contribution in [1.82, 2.24) is 10.6 Å². The Bertz CT molecular complexity index is 705. The predicted molar refractivity (Wildman–Crippen MR) is 104 cm³/mol. The van der Waals surface area contributed by atoms with Gasteiger partial charge in [-0.1, -0.05) is 39.7 Å². The van der Waals surface area contributed by atoms with Gasteiger partial charge in [-0.2, -0.15) is 0 Å². The number of anilines is 1. The lowest BCUT2D eigenvalue weighted by atomic mass is 10.1. The Morgan fingerprint density at radius 1 is 0.920 bits per heavy atom. The topological polar surface area (TPSA) is 70.2 Å². The van der Waals surface area contributed by atoms with E-state index in [0.717, 1.165) is 16.5 Å². The molecule has 0 heterocycles. The van der Waals surface area contributed by atoms with Crippen molar-refractivity contribution in [1.29, 1.82) is 0 Å². The molecule has 7 heteroatoms. The van der Waals surface area contributed by atoms with Gasteiger partial charge in [0.2, 0.25) is 5.91 Å². The highest BCUT2D eigenvalue weighted by molar-refractivity contribution is 9.10. The van der Waals surface area contributed by atoms with Crippen molar-refractivity contribution in [3.8, 4) is 0 Å². The summed E-state index contributed by atoms with van der Waals surface area (Å²) in [5, 5.41) is 8.87. The minimum atomic E-state index is -0.337. The molecule has 0 saturated carbocycles. The molecule has 25 heavy (non-hydrogen) atoms. The number of carbonyl (C=O) groups is 2. The van der Waals surface area contributed by atoms with Crippen molar-refractivity contribution in [2.24, 2.45) is 0 Å². The number of nitrogens with one attached hydrogen (secondary N) is 3. The van der Waals surface area contributed by atoms with E-state index in [1.807, 2.05) is 36.4 Å². The molecule has 0 aliphatic heterocycles. The second-order valence-corrected chi connectivity index (χ2v) is 6.72. The molecular formula is C18H19BrClN3O2. The van der Waals surface area contributed by atoms with Crippen LogP contribution in [0.4, 0.5) is 10.5 Å². The Morgan fingerprint density at radius 3 is 2.28 bits per heavy atom. The fourth-order valence-electron chi connectivity index (χ4n) is 2.08. The molecule has 132 valence electrons. The number of hydrogen-bond donors (Lipinski definition) is 3. The van der Waals surface area contributed by atoms with Crippen molar-refractivity contribution in [2.45, 2.75) is 12.8 Å². The van der Waals surface area contributed by atoms with Crippen LogP contribution in [0.5, 0.6) is 0 Å². The molecule has 0 radical (unpaired) electrons. The third-order valence-electron chi connectivity index (χ3n) is 3.39. The first-order valence-electron chi connectivity index (χ1n) is 7.84. The molecule has 0 spiro atoms. The molecule has 0 aromatic heterocycles. The van der Waals surface area contributed by atoms with Crippen LogP contribution in [0.2, 0.25) is 5.02 Å². The molecule has 2 rings (SSSR count). The third kappa shape index (κ3) is 7.58. The molecule has 0 atom stereocenters. The average Bonchev–Trinajstić information content (AvgIpc) is 2.59. The summed E-state index contributed by atoms with van der Waals surface area (Å²) in [5.74, 6) is -0.0992. The largest absolute Gasteiger partial charge is 0.356 e. The standard InChI is InChI=1S/C18H19BrClN3O2/c19-14-3-7-16(8-4-14)23-18(25)22-12-10-17(24)21-11-9-13-1-5-15(20)6-2-13/h1-8H,9-12H2,(H,21,24)(H2,22,23,25). The van der Waals surface area contributed by atoms with E-state index in [-0.39, 0.29) is 24.9 Å². The summed E-state index contributed by atoms with van der Waals surface area (Å²) in [6.45, 7) is 0.820. The van der Waals surface area contributed by atoms with Crippen LogP contribution in [0.15, 0.2) is 53.0 Å². The molecule has 5 nitrogen and oxygen atoms in total. The number of halogens is 2. The SMILES string of the molecule is O=C(CCNC(=O)Nc1ccc(Br)cc1)NCCc1ccc(Cl)cc1. The zero-order chi connectivity index (χ0) is 18.1. The van der Waals surface area contributed by atoms with Crippen molar-refractivity contribution < 1.29 is 9.59 Å². The van der Waals surface area contributed by atoms with Crippen LogP contribution in [-0.4, -0.2) is 25.0 Å².